The zero-order valence-electron chi connectivity index (χ0n) is 8.77. The minimum Gasteiger partial charge on any atom is -0.353 e. The molecule has 1 aromatic rings. The predicted molar refractivity (Wildman–Crippen MR) is 55.8 cm³/mol. The van der Waals surface area contributed by atoms with Crippen molar-refractivity contribution < 1.29 is 4.79 Å². The van der Waals surface area contributed by atoms with Gasteiger partial charge in [0.2, 0.25) is 5.91 Å². The van der Waals surface area contributed by atoms with E-state index in [0.717, 1.165) is 4.57 Å². The lowest BCUT2D eigenvalue weighted by atomic mass is 10.3. The van der Waals surface area contributed by atoms with Gasteiger partial charge in [-0.15, -0.1) is 0 Å². The number of amides is 1. The van der Waals surface area contributed by atoms with Crippen LogP contribution in [0.25, 0.3) is 0 Å². The molecule has 0 bridgehead atoms. The third-order valence-electron chi connectivity index (χ3n) is 1.88. The Morgan fingerprint density at radius 1 is 1.69 bits per heavy atom. The number of nitrogens with zero attached hydrogens (tertiary/aromatic N) is 2. The van der Waals surface area contributed by atoms with Crippen LogP contribution in [0.1, 0.15) is 6.92 Å². The Bertz CT molecular complexity index is 475. The highest BCUT2D eigenvalue weighted by molar-refractivity contribution is 5.80. The highest BCUT2D eigenvalue weighted by Gasteiger charge is 2.06. The number of rotatable bonds is 4. The van der Waals surface area contributed by atoms with Crippen LogP contribution in [-0.2, 0) is 11.3 Å². The minimum atomic E-state index is -0.791. The highest BCUT2D eigenvalue weighted by atomic mass is 16.2. The summed E-state index contributed by atoms with van der Waals surface area (Å²) in [5.74, 6) is -0.314. The van der Waals surface area contributed by atoms with Crippen LogP contribution in [0, 0.1) is 0 Å². The maximum atomic E-state index is 11.2. The largest absolute Gasteiger partial charge is 0.353 e. The van der Waals surface area contributed by atoms with E-state index in [9.17, 15) is 14.4 Å². The summed E-state index contributed by atoms with van der Waals surface area (Å²) in [4.78, 5) is 33.2. The highest BCUT2D eigenvalue weighted by Crippen LogP contribution is 1.76. The maximum Gasteiger partial charge on any atom is 0.330 e. The summed E-state index contributed by atoms with van der Waals surface area (Å²) in [5.41, 5.74) is 3.83. The summed E-state index contributed by atoms with van der Waals surface area (Å²) in [5, 5.41) is 7.99. The van der Waals surface area contributed by atoms with E-state index in [-0.39, 0.29) is 19.0 Å². The molecular weight excluding hydrogens is 214 g/mol. The van der Waals surface area contributed by atoms with Crippen molar-refractivity contribution >= 4 is 5.91 Å². The van der Waals surface area contributed by atoms with Gasteiger partial charge in [0, 0.05) is 13.1 Å². The van der Waals surface area contributed by atoms with Gasteiger partial charge < -0.3 is 11.1 Å². The molecule has 1 rings (SSSR count). The number of hydrogen-bond acceptors (Lipinski definition) is 5. The van der Waals surface area contributed by atoms with Crippen molar-refractivity contribution in [1.82, 2.24) is 20.1 Å². The number of aromatic amines is 1. The zero-order chi connectivity index (χ0) is 12.1. The SMILES string of the molecule is C[C@@H](N)C(=O)NCCn1cn[nH]c(=O)c1=O. The number of hydrogen-bond donors (Lipinski definition) is 3. The van der Waals surface area contributed by atoms with Gasteiger partial charge in [-0.3, -0.25) is 19.0 Å². The van der Waals surface area contributed by atoms with E-state index >= 15 is 0 Å². The number of H-pyrrole nitrogens is 1. The van der Waals surface area contributed by atoms with Gasteiger partial charge in [0.15, 0.2) is 0 Å². The lowest BCUT2D eigenvalue weighted by molar-refractivity contribution is -0.122. The second-order valence-corrected chi connectivity index (χ2v) is 3.26. The standard InChI is InChI=1S/C8H13N5O3/c1-5(9)6(14)10-2-3-13-4-11-12-7(15)8(13)16/h4-5H,2-3,9H2,1H3,(H,10,14)(H,12,15)/t5-/m1/s1. The summed E-state index contributed by atoms with van der Waals surface area (Å²) in [6, 6.07) is -0.603. The molecule has 1 heterocycles. The molecule has 1 atom stereocenters. The summed E-state index contributed by atoms with van der Waals surface area (Å²) in [6.45, 7) is 1.94. The number of carbonyl (C=O) groups excluding carboxylic acids is 1. The van der Waals surface area contributed by atoms with Crippen LogP contribution in [0.5, 0.6) is 0 Å². The molecular formula is C8H13N5O3. The summed E-state index contributed by atoms with van der Waals surface area (Å²) < 4.78 is 1.11. The molecule has 0 radical (unpaired) electrons. The Balaban J connectivity index is 2.56. The van der Waals surface area contributed by atoms with Crippen LogP contribution in [0.15, 0.2) is 15.9 Å². The zero-order valence-corrected chi connectivity index (χ0v) is 8.77. The summed E-state index contributed by atoms with van der Waals surface area (Å²) in [6.07, 6.45) is 1.20. The molecule has 16 heavy (non-hydrogen) atoms. The van der Waals surface area contributed by atoms with Gasteiger partial charge in [-0.25, -0.2) is 5.10 Å². The fourth-order valence-corrected chi connectivity index (χ4v) is 1.01. The molecule has 4 N–H and O–H groups in total. The molecule has 1 amide bonds. The molecule has 1 aromatic heterocycles. The van der Waals surface area contributed by atoms with Gasteiger partial charge in [-0.1, -0.05) is 0 Å². The summed E-state index contributed by atoms with van der Waals surface area (Å²) in [7, 11) is 0. The van der Waals surface area contributed by atoms with E-state index in [1.165, 1.54) is 6.33 Å². The van der Waals surface area contributed by atoms with Crippen LogP contribution in [0.3, 0.4) is 0 Å². The van der Waals surface area contributed by atoms with E-state index < -0.39 is 17.2 Å². The Kier molecular flexibility index (Phi) is 3.95. The Morgan fingerprint density at radius 2 is 2.38 bits per heavy atom. The normalized spacial score (nSPS) is 12.1. The monoisotopic (exact) mass is 227 g/mol. The lowest BCUT2D eigenvalue weighted by Crippen LogP contribution is -2.42. The van der Waals surface area contributed by atoms with E-state index in [0.29, 0.717) is 0 Å². The van der Waals surface area contributed by atoms with Gasteiger partial charge in [0.1, 0.15) is 6.33 Å². The van der Waals surface area contributed by atoms with Crippen molar-refractivity contribution in [3.63, 3.8) is 0 Å². The van der Waals surface area contributed by atoms with Crippen LogP contribution < -0.4 is 22.2 Å². The molecule has 0 aromatic carbocycles. The van der Waals surface area contributed by atoms with Crippen molar-refractivity contribution in [1.29, 1.82) is 0 Å². The van der Waals surface area contributed by atoms with Crippen LogP contribution in [0.2, 0.25) is 0 Å². The molecule has 8 nitrogen and oxygen atoms in total. The Morgan fingerprint density at radius 3 is 3.00 bits per heavy atom. The smallest absolute Gasteiger partial charge is 0.330 e. The average Bonchev–Trinajstić information content (AvgIpc) is 2.24. The fraction of sp³-hybridized carbons (Fsp3) is 0.500. The number of nitrogens with two attached hydrogens (primary N) is 1. The number of carbonyl (C=O) groups is 1. The first-order valence-corrected chi connectivity index (χ1v) is 4.70. The third-order valence-corrected chi connectivity index (χ3v) is 1.88. The van der Waals surface area contributed by atoms with Gasteiger partial charge in [-0.2, -0.15) is 5.10 Å². The second kappa shape index (κ2) is 5.21. The van der Waals surface area contributed by atoms with Crippen molar-refractivity contribution in [2.75, 3.05) is 6.54 Å². The Labute approximate surface area is 90.5 Å². The topological polar surface area (TPSA) is 123 Å². The lowest BCUT2D eigenvalue weighted by Gasteiger charge is -2.08. The summed E-state index contributed by atoms with van der Waals surface area (Å²) >= 11 is 0. The molecule has 0 spiro atoms. The number of nitrogens with one attached hydrogen (secondary N) is 2. The van der Waals surface area contributed by atoms with E-state index in [2.05, 4.69) is 10.4 Å². The Hall–Kier alpha value is -1.96. The van der Waals surface area contributed by atoms with E-state index in [4.69, 9.17) is 5.73 Å². The number of aromatic nitrogens is 3. The molecule has 0 aliphatic carbocycles. The van der Waals surface area contributed by atoms with Crippen LogP contribution in [0.4, 0.5) is 0 Å². The van der Waals surface area contributed by atoms with Crippen LogP contribution in [-0.4, -0.2) is 33.3 Å². The first kappa shape index (κ1) is 12.1. The molecule has 8 heteroatoms. The van der Waals surface area contributed by atoms with Crippen molar-refractivity contribution in [2.24, 2.45) is 5.73 Å². The quantitative estimate of drug-likeness (QED) is 0.486. The van der Waals surface area contributed by atoms with Gasteiger partial charge >= 0.3 is 11.1 Å². The third kappa shape index (κ3) is 3.02. The van der Waals surface area contributed by atoms with Gasteiger partial charge in [-0.05, 0) is 6.92 Å². The van der Waals surface area contributed by atoms with Crippen molar-refractivity contribution in [3.8, 4) is 0 Å². The fourth-order valence-electron chi connectivity index (χ4n) is 1.01. The van der Waals surface area contributed by atoms with Gasteiger partial charge in [0.25, 0.3) is 0 Å². The average molecular weight is 227 g/mol. The molecule has 0 saturated heterocycles. The minimum absolute atomic E-state index is 0.175. The predicted octanol–water partition coefficient (Wildman–Crippen LogP) is -2.60. The molecule has 0 saturated carbocycles. The maximum absolute atomic E-state index is 11.2. The van der Waals surface area contributed by atoms with Crippen molar-refractivity contribution in [3.05, 3.63) is 27.0 Å². The van der Waals surface area contributed by atoms with Gasteiger partial charge in [0.05, 0.1) is 6.04 Å². The van der Waals surface area contributed by atoms with Crippen molar-refractivity contribution in [2.45, 2.75) is 19.5 Å². The molecule has 0 fully saturated rings. The van der Waals surface area contributed by atoms with Crippen LogP contribution >= 0.6 is 0 Å². The first-order valence-electron chi connectivity index (χ1n) is 4.70. The molecule has 0 aliphatic rings. The van der Waals surface area contributed by atoms with E-state index in [1.54, 1.807) is 6.92 Å². The molecule has 88 valence electrons. The molecule has 0 unspecified atom stereocenters. The van der Waals surface area contributed by atoms with E-state index in [1.807, 2.05) is 5.10 Å². The molecule has 0 aliphatic heterocycles. The first-order chi connectivity index (χ1) is 7.52. The second-order valence-electron chi connectivity index (χ2n) is 3.26.